The lowest BCUT2D eigenvalue weighted by Gasteiger charge is -2.32. The summed E-state index contributed by atoms with van der Waals surface area (Å²) in [5.74, 6) is 0.457. The van der Waals surface area contributed by atoms with Crippen LogP contribution in [0.2, 0.25) is 0 Å². The van der Waals surface area contributed by atoms with Crippen LogP contribution < -0.4 is 10.1 Å². The van der Waals surface area contributed by atoms with E-state index in [-0.39, 0.29) is 32.0 Å². The number of ether oxygens (including phenoxy) is 2. The average Bonchev–Trinajstić information content (AvgIpc) is 3.48. The van der Waals surface area contributed by atoms with Gasteiger partial charge in [-0.15, -0.1) is 0 Å². The predicted octanol–water partition coefficient (Wildman–Crippen LogP) is 7.02. The standard InChI is InChI=1S/C34H32N8O4/c35-41-38-23-27-12-4-6-13-29(27)31-34(21-26-11-5-7-14-30(26)40-42-36,33(44)37-22-24-9-2-1-3-10-24)39-32(46-31)25-15-17-28(18-16-25)45-20-8-19-43/h1-7,9-18,31,43H,8,19-23H2,(H,37,44)/t31-,34-/m0/s1. The van der Waals surface area contributed by atoms with Crippen molar-refractivity contribution < 1.29 is 19.4 Å². The molecule has 0 aliphatic carbocycles. The molecule has 0 bridgehead atoms. The van der Waals surface area contributed by atoms with Crippen LogP contribution in [-0.2, 0) is 29.0 Å². The second-order valence-electron chi connectivity index (χ2n) is 10.5. The first-order chi connectivity index (χ1) is 22.6. The number of azide groups is 2. The number of carbonyl (C=O) groups is 1. The summed E-state index contributed by atoms with van der Waals surface area (Å²) in [5.41, 5.74) is 20.6. The Morgan fingerprint density at radius 3 is 2.39 bits per heavy atom. The fourth-order valence-corrected chi connectivity index (χ4v) is 5.33. The number of rotatable bonds is 14. The van der Waals surface area contributed by atoms with E-state index >= 15 is 0 Å². The monoisotopic (exact) mass is 616 g/mol. The number of aliphatic hydroxyl groups is 1. The zero-order valence-corrected chi connectivity index (χ0v) is 24.9. The first-order valence-corrected chi connectivity index (χ1v) is 14.7. The molecule has 4 aromatic carbocycles. The highest BCUT2D eigenvalue weighted by Crippen LogP contribution is 2.45. The van der Waals surface area contributed by atoms with Gasteiger partial charge < -0.3 is 19.9 Å². The van der Waals surface area contributed by atoms with Crippen molar-refractivity contribution in [3.63, 3.8) is 0 Å². The van der Waals surface area contributed by atoms with E-state index in [0.29, 0.717) is 46.7 Å². The smallest absolute Gasteiger partial charge is 0.252 e. The lowest BCUT2D eigenvalue weighted by atomic mass is 9.80. The van der Waals surface area contributed by atoms with Crippen molar-refractivity contribution in [3.05, 3.63) is 152 Å². The van der Waals surface area contributed by atoms with Crippen LogP contribution in [0.5, 0.6) is 5.75 Å². The third-order valence-corrected chi connectivity index (χ3v) is 7.57. The quantitative estimate of drug-likeness (QED) is 0.0670. The maximum absolute atomic E-state index is 14.6. The number of hydrogen-bond donors (Lipinski definition) is 2. The summed E-state index contributed by atoms with van der Waals surface area (Å²) in [7, 11) is 0. The van der Waals surface area contributed by atoms with E-state index in [0.717, 1.165) is 5.56 Å². The number of aliphatic imine (C=N–C) groups is 1. The van der Waals surface area contributed by atoms with Crippen LogP contribution in [0.3, 0.4) is 0 Å². The number of nitrogens with one attached hydrogen (secondary N) is 1. The van der Waals surface area contributed by atoms with Gasteiger partial charge in [0, 0.05) is 47.1 Å². The molecule has 46 heavy (non-hydrogen) atoms. The zero-order valence-electron chi connectivity index (χ0n) is 24.9. The van der Waals surface area contributed by atoms with E-state index in [2.05, 4.69) is 25.4 Å². The second-order valence-corrected chi connectivity index (χ2v) is 10.5. The van der Waals surface area contributed by atoms with Gasteiger partial charge in [-0.25, -0.2) is 4.99 Å². The van der Waals surface area contributed by atoms with Gasteiger partial charge in [-0.05, 0) is 57.6 Å². The zero-order chi connectivity index (χ0) is 32.2. The third kappa shape index (κ3) is 7.28. The van der Waals surface area contributed by atoms with Gasteiger partial charge in [0.05, 0.1) is 13.2 Å². The molecular formula is C34H32N8O4. The normalized spacial score (nSPS) is 16.7. The Hall–Kier alpha value is -5.80. The molecule has 0 fully saturated rings. The molecule has 232 valence electrons. The van der Waals surface area contributed by atoms with E-state index in [9.17, 15) is 10.3 Å². The molecule has 0 saturated carbocycles. The number of nitrogens with zero attached hydrogens (tertiary/aromatic N) is 7. The topological polar surface area (TPSA) is 178 Å². The van der Waals surface area contributed by atoms with Gasteiger partial charge in [-0.2, -0.15) is 0 Å². The Kier molecular flexibility index (Phi) is 10.5. The summed E-state index contributed by atoms with van der Waals surface area (Å²) in [6.45, 7) is 0.686. The van der Waals surface area contributed by atoms with Gasteiger partial charge in [0.15, 0.2) is 11.6 Å². The average molecular weight is 617 g/mol. The van der Waals surface area contributed by atoms with Gasteiger partial charge in [0.25, 0.3) is 5.91 Å². The van der Waals surface area contributed by atoms with E-state index in [1.165, 1.54) is 0 Å². The lowest BCUT2D eigenvalue weighted by molar-refractivity contribution is -0.129. The number of amides is 1. The molecule has 1 heterocycles. The van der Waals surface area contributed by atoms with Gasteiger partial charge in [0.2, 0.25) is 5.90 Å². The molecule has 0 unspecified atom stereocenters. The van der Waals surface area contributed by atoms with Crippen LogP contribution in [0.25, 0.3) is 20.9 Å². The molecule has 2 N–H and O–H groups in total. The Bertz CT molecular complexity index is 1780. The van der Waals surface area contributed by atoms with Crippen molar-refractivity contribution >= 4 is 17.5 Å². The summed E-state index contributed by atoms with van der Waals surface area (Å²) in [6, 6.07) is 31.0. The van der Waals surface area contributed by atoms with E-state index in [4.69, 9.17) is 25.1 Å². The highest BCUT2D eigenvalue weighted by atomic mass is 16.5. The van der Waals surface area contributed by atoms with Crippen LogP contribution in [0.15, 0.2) is 118 Å². The van der Waals surface area contributed by atoms with Crippen molar-refractivity contribution in [2.75, 3.05) is 13.2 Å². The van der Waals surface area contributed by atoms with Crippen molar-refractivity contribution in [2.24, 2.45) is 15.2 Å². The molecule has 4 aromatic rings. The van der Waals surface area contributed by atoms with Crippen LogP contribution in [0, 0.1) is 0 Å². The number of aliphatic hydroxyl groups excluding tert-OH is 1. The minimum Gasteiger partial charge on any atom is -0.494 e. The number of hydrogen-bond acceptors (Lipinski definition) is 7. The predicted molar refractivity (Wildman–Crippen MR) is 173 cm³/mol. The summed E-state index contributed by atoms with van der Waals surface area (Å²) in [5, 5.41) is 19.8. The molecule has 1 aliphatic rings. The van der Waals surface area contributed by atoms with E-state index in [1.54, 1.807) is 42.5 Å². The molecule has 0 spiro atoms. The molecule has 12 heteroatoms. The molecule has 5 rings (SSSR count). The van der Waals surface area contributed by atoms with Crippen molar-refractivity contribution in [1.82, 2.24) is 5.32 Å². The van der Waals surface area contributed by atoms with Crippen LogP contribution >= 0.6 is 0 Å². The maximum atomic E-state index is 14.6. The number of carbonyl (C=O) groups excluding carboxylic acids is 1. The molecule has 2 atom stereocenters. The van der Waals surface area contributed by atoms with Gasteiger partial charge in [-0.3, -0.25) is 4.79 Å². The molecule has 0 radical (unpaired) electrons. The highest BCUT2D eigenvalue weighted by Gasteiger charge is 2.54. The third-order valence-electron chi connectivity index (χ3n) is 7.57. The first kappa shape index (κ1) is 31.6. The molecule has 0 saturated heterocycles. The Morgan fingerprint density at radius 1 is 0.935 bits per heavy atom. The summed E-state index contributed by atoms with van der Waals surface area (Å²) in [4.78, 5) is 25.6. The summed E-state index contributed by atoms with van der Waals surface area (Å²) >= 11 is 0. The summed E-state index contributed by atoms with van der Waals surface area (Å²) in [6.07, 6.45) is -0.398. The fraction of sp³-hybridized carbons (Fsp3) is 0.235. The molecule has 1 amide bonds. The molecule has 1 aliphatic heterocycles. The SMILES string of the molecule is [N-]=[N+]=NCc1ccccc1[C@@H]1OC(c2ccc(OCCCO)cc2)=N[C@]1(Cc1ccccc1N=[N+]=[N-])C(=O)NCc1ccccc1. The molecule has 0 aromatic heterocycles. The van der Waals surface area contributed by atoms with Crippen LogP contribution in [-0.4, -0.2) is 35.7 Å². The van der Waals surface area contributed by atoms with E-state index in [1.807, 2.05) is 60.7 Å². The van der Waals surface area contributed by atoms with Crippen LogP contribution in [0.4, 0.5) is 5.69 Å². The lowest BCUT2D eigenvalue weighted by Crippen LogP contribution is -2.50. The van der Waals surface area contributed by atoms with Gasteiger partial charge in [-0.1, -0.05) is 89.1 Å². The summed E-state index contributed by atoms with van der Waals surface area (Å²) < 4.78 is 12.3. The van der Waals surface area contributed by atoms with Crippen molar-refractivity contribution in [2.45, 2.75) is 37.6 Å². The Balaban J connectivity index is 1.64. The Labute approximate surface area is 265 Å². The molecule has 12 nitrogen and oxygen atoms in total. The minimum absolute atomic E-state index is 0.0303. The number of benzene rings is 4. The first-order valence-electron chi connectivity index (χ1n) is 14.7. The largest absolute Gasteiger partial charge is 0.494 e. The van der Waals surface area contributed by atoms with E-state index < -0.39 is 17.6 Å². The van der Waals surface area contributed by atoms with Gasteiger partial charge >= 0.3 is 0 Å². The second kappa shape index (κ2) is 15.3. The Morgan fingerprint density at radius 2 is 1.65 bits per heavy atom. The van der Waals surface area contributed by atoms with Crippen molar-refractivity contribution in [1.29, 1.82) is 0 Å². The van der Waals surface area contributed by atoms with Crippen LogP contribution in [0.1, 0.15) is 40.3 Å². The highest BCUT2D eigenvalue weighted by molar-refractivity contribution is 6.01. The van der Waals surface area contributed by atoms with Gasteiger partial charge in [0.1, 0.15) is 5.75 Å². The fourth-order valence-electron chi connectivity index (χ4n) is 5.33. The van der Waals surface area contributed by atoms with Crippen molar-refractivity contribution in [3.8, 4) is 5.75 Å². The molecular weight excluding hydrogens is 584 g/mol. The minimum atomic E-state index is -1.56. The maximum Gasteiger partial charge on any atom is 0.252 e.